The number of imidazole rings is 1. The first kappa shape index (κ1) is 11.3. The van der Waals surface area contributed by atoms with Gasteiger partial charge in [-0.25, -0.2) is 4.98 Å². The van der Waals surface area contributed by atoms with E-state index in [1.54, 1.807) is 12.3 Å². The molecule has 0 unspecified atom stereocenters. The second kappa shape index (κ2) is 4.36. The largest absolute Gasteiger partial charge is 0.369 e. The van der Waals surface area contributed by atoms with Crippen molar-refractivity contribution in [2.75, 3.05) is 5.73 Å². The zero-order valence-corrected chi connectivity index (χ0v) is 10.3. The number of nitrogens with two attached hydrogens (primary N) is 1. The molecule has 0 saturated heterocycles. The highest BCUT2D eigenvalue weighted by Crippen LogP contribution is 2.23. The predicted molar refractivity (Wildman–Crippen MR) is 66.9 cm³/mol. The minimum Gasteiger partial charge on any atom is -0.369 e. The van der Waals surface area contributed by atoms with Crippen molar-refractivity contribution in [2.24, 2.45) is 0 Å². The van der Waals surface area contributed by atoms with Gasteiger partial charge in [0.15, 0.2) is 0 Å². The summed E-state index contributed by atoms with van der Waals surface area (Å²) in [5, 5.41) is 1.11. The van der Waals surface area contributed by atoms with E-state index in [0.717, 1.165) is 11.3 Å². The molecule has 2 rings (SSSR count). The highest BCUT2D eigenvalue weighted by Gasteiger charge is 2.05. The van der Waals surface area contributed by atoms with Crippen LogP contribution in [0.5, 0.6) is 0 Å². The fraction of sp³-hybridized carbons (Fsp3) is 0.182. The van der Waals surface area contributed by atoms with Crippen LogP contribution < -0.4 is 5.73 Å². The first-order chi connectivity index (χ1) is 7.58. The summed E-state index contributed by atoms with van der Waals surface area (Å²) < 4.78 is 1.92. The van der Waals surface area contributed by atoms with E-state index >= 15 is 0 Å². The molecule has 0 aliphatic rings. The van der Waals surface area contributed by atoms with Crippen LogP contribution in [0, 0.1) is 6.92 Å². The number of hydrogen-bond donors (Lipinski definition) is 1. The lowest BCUT2D eigenvalue weighted by Crippen LogP contribution is -2.06. The first-order valence-corrected chi connectivity index (χ1v) is 5.55. The predicted octanol–water partition coefficient (Wildman–Crippen LogP) is 3.13. The van der Waals surface area contributed by atoms with Gasteiger partial charge in [-0.2, -0.15) is 0 Å². The second-order valence-electron chi connectivity index (χ2n) is 3.59. The topological polar surface area (TPSA) is 43.8 Å². The van der Waals surface area contributed by atoms with Gasteiger partial charge in [-0.05, 0) is 24.6 Å². The second-order valence-corrected chi connectivity index (χ2v) is 4.41. The highest BCUT2D eigenvalue weighted by molar-refractivity contribution is 6.42. The van der Waals surface area contributed by atoms with Crippen molar-refractivity contribution in [1.82, 2.24) is 9.55 Å². The van der Waals surface area contributed by atoms with E-state index < -0.39 is 0 Å². The summed E-state index contributed by atoms with van der Waals surface area (Å²) in [6, 6.07) is 5.54. The van der Waals surface area contributed by atoms with Gasteiger partial charge in [-0.1, -0.05) is 29.3 Å². The van der Waals surface area contributed by atoms with Gasteiger partial charge in [0.25, 0.3) is 0 Å². The standard InChI is InChI=1S/C11H11Cl2N3/c1-7-5-15-11(14)16(7)6-8-2-3-9(12)10(13)4-8/h2-5H,6H2,1H3,(H2,14,15). The molecule has 1 aromatic heterocycles. The Balaban J connectivity index is 2.31. The molecule has 0 aliphatic carbocycles. The van der Waals surface area contributed by atoms with Gasteiger partial charge < -0.3 is 10.3 Å². The molecule has 16 heavy (non-hydrogen) atoms. The van der Waals surface area contributed by atoms with Crippen LogP contribution in [-0.2, 0) is 6.54 Å². The summed E-state index contributed by atoms with van der Waals surface area (Å²) in [4.78, 5) is 4.03. The number of anilines is 1. The van der Waals surface area contributed by atoms with E-state index in [1.807, 2.05) is 23.6 Å². The third-order valence-electron chi connectivity index (χ3n) is 2.41. The molecule has 1 aromatic carbocycles. The SMILES string of the molecule is Cc1cnc(N)n1Cc1ccc(Cl)c(Cl)c1. The van der Waals surface area contributed by atoms with Crippen molar-refractivity contribution in [1.29, 1.82) is 0 Å². The number of nitrogens with zero attached hydrogens (tertiary/aromatic N) is 2. The molecule has 84 valence electrons. The molecule has 0 spiro atoms. The molecule has 0 radical (unpaired) electrons. The Kier molecular flexibility index (Phi) is 3.08. The summed E-state index contributed by atoms with van der Waals surface area (Å²) in [5.41, 5.74) is 7.81. The summed E-state index contributed by atoms with van der Waals surface area (Å²) in [6.07, 6.45) is 1.74. The van der Waals surface area contributed by atoms with E-state index in [-0.39, 0.29) is 0 Å². The Morgan fingerprint density at radius 1 is 1.31 bits per heavy atom. The maximum atomic E-state index is 5.95. The molecule has 1 heterocycles. The van der Waals surface area contributed by atoms with Crippen LogP contribution in [-0.4, -0.2) is 9.55 Å². The van der Waals surface area contributed by atoms with Gasteiger partial charge in [-0.15, -0.1) is 0 Å². The summed E-state index contributed by atoms with van der Waals surface area (Å²) in [5.74, 6) is 0.503. The lowest BCUT2D eigenvalue weighted by Gasteiger charge is -2.08. The Hall–Kier alpha value is -1.19. The number of halogens is 2. The smallest absolute Gasteiger partial charge is 0.200 e. The molecular formula is C11H11Cl2N3. The number of aromatic nitrogens is 2. The van der Waals surface area contributed by atoms with Crippen molar-refractivity contribution in [3.05, 3.63) is 45.7 Å². The van der Waals surface area contributed by atoms with Crippen LogP contribution in [0.1, 0.15) is 11.3 Å². The van der Waals surface area contributed by atoms with Crippen molar-refractivity contribution in [3.63, 3.8) is 0 Å². The molecule has 2 aromatic rings. The Bertz CT molecular complexity index is 500. The third kappa shape index (κ3) is 2.15. The number of aryl methyl sites for hydroxylation is 1. The van der Waals surface area contributed by atoms with Crippen LogP contribution in [0.4, 0.5) is 5.95 Å². The third-order valence-corrected chi connectivity index (χ3v) is 3.15. The molecule has 3 nitrogen and oxygen atoms in total. The fourth-order valence-corrected chi connectivity index (χ4v) is 1.83. The molecule has 5 heteroatoms. The number of hydrogen-bond acceptors (Lipinski definition) is 2. The summed E-state index contributed by atoms with van der Waals surface area (Å²) in [7, 11) is 0. The van der Waals surface area contributed by atoms with Crippen molar-refractivity contribution >= 4 is 29.2 Å². The van der Waals surface area contributed by atoms with Crippen LogP contribution in [0.15, 0.2) is 24.4 Å². The van der Waals surface area contributed by atoms with E-state index in [9.17, 15) is 0 Å². The zero-order chi connectivity index (χ0) is 11.7. The molecule has 0 fully saturated rings. The molecule has 2 N–H and O–H groups in total. The lowest BCUT2D eigenvalue weighted by atomic mass is 10.2. The van der Waals surface area contributed by atoms with Gasteiger partial charge in [0.05, 0.1) is 22.8 Å². The van der Waals surface area contributed by atoms with Gasteiger partial charge in [0.2, 0.25) is 5.95 Å². The average molecular weight is 256 g/mol. The minimum atomic E-state index is 0.503. The summed E-state index contributed by atoms with van der Waals surface area (Å²) >= 11 is 11.8. The van der Waals surface area contributed by atoms with Crippen LogP contribution in [0.2, 0.25) is 10.0 Å². The molecule has 0 atom stereocenters. The Morgan fingerprint density at radius 2 is 2.06 bits per heavy atom. The fourth-order valence-electron chi connectivity index (χ4n) is 1.51. The molecular weight excluding hydrogens is 245 g/mol. The van der Waals surface area contributed by atoms with Crippen molar-refractivity contribution in [2.45, 2.75) is 13.5 Å². The first-order valence-electron chi connectivity index (χ1n) is 4.79. The van der Waals surface area contributed by atoms with Crippen LogP contribution in [0.3, 0.4) is 0 Å². The Labute approximate surface area is 104 Å². The number of rotatable bonds is 2. The molecule has 0 amide bonds. The minimum absolute atomic E-state index is 0.503. The van der Waals surface area contributed by atoms with E-state index in [2.05, 4.69) is 4.98 Å². The highest BCUT2D eigenvalue weighted by atomic mass is 35.5. The molecule has 0 saturated carbocycles. The maximum absolute atomic E-state index is 5.95. The van der Waals surface area contributed by atoms with E-state index in [4.69, 9.17) is 28.9 Å². The number of nitrogen functional groups attached to an aromatic ring is 1. The van der Waals surface area contributed by atoms with Gasteiger partial charge in [0.1, 0.15) is 0 Å². The van der Waals surface area contributed by atoms with Crippen molar-refractivity contribution in [3.8, 4) is 0 Å². The maximum Gasteiger partial charge on any atom is 0.200 e. The van der Waals surface area contributed by atoms with Gasteiger partial charge in [-0.3, -0.25) is 0 Å². The molecule has 0 bridgehead atoms. The summed E-state index contributed by atoms with van der Waals surface area (Å²) in [6.45, 7) is 2.61. The van der Waals surface area contributed by atoms with Crippen molar-refractivity contribution < 1.29 is 0 Å². The molecule has 0 aliphatic heterocycles. The lowest BCUT2D eigenvalue weighted by molar-refractivity contribution is 0.783. The number of benzene rings is 1. The van der Waals surface area contributed by atoms with Crippen LogP contribution >= 0.6 is 23.2 Å². The van der Waals surface area contributed by atoms with Crippen LogP contribution in [0.25, 0.3) is 0 Å². The zero-order valence-electron chi connectivity index (χ0n) is 8.74. The Morgan fingerprint density at radius 3 is 2.62 bits per heavy atom. The van der Waals surface area contributed by atoms with E-state index in [1.165, 1.54) is 0 Å². The quantitative estimate of drug-likeness (QED) is 0.897. The van der Waals surface area contributed by atoms with Gasteiger partial charge in [0, 0.05) is 5.69 Å². The average Bonchev–Trinajstić information content (AvgIpc) is 2.55. The van der Waals surface area contributed by atoms with Gasteiger partial charge >= 0.3 is 0 Å². The normalized spacial score (nSPS) is 10.7. The van der Waals surface area contributed by atoms with E-state index in [0.29, 0.717) is 22.5 Å². The monoisotopic (exact) mass is 255 g/mol.